The molecular weight excluding hydrogens is 418 g/mol. The molecule has 156 valence electrons. The summed E-state index contributed by atoms with van der Waals surface area (Å²) in [7, 11) is 0. The second-order valence-corrected chi connectivity index (χ2v) is 7.27. The van der Waals surface area contributed by atoms with Gasteiger partial charge in [0.25, 0.3) is 0 Å². The van der Waals surface area contributed by atoms with Crippen molar-refractivity contribution in [2.75, 3.05) is 15.5 Å². The van der Waals surface area contributed by atoms with E-state index in [1.165, 1.54) is 4.90 Å². The SMILES string of the molecule is O=C(C[C@H]1C(=O)Oc2ccccc2N1C(=O)Nc1cccc(Cl)c1)Nc1ccccc1. The highest BCUT2D eigenvalue weighted by molar-refractivity contribution is 6.31. The molecule has 0 saturated carbocycles. The number of ether oxygens (including phenoxy) is 1. The van der Waals surface area contributed by atoms with Crippen LogP contribution in [0.3, 0.4) is 0 Å². The number of fused-ring (bicyclic) bond motifs is 1. The minimum atomic E-state index is -1.14. The van der Waals surface area contributed by atoms with E-state index in [4.69, 9.17) is 16.3 Å². The van der Waals surface area contributed by atoms with E-state index < -0.39 is 23.9 Å². The van der Waals surface area contributed by atoms with Crippen LogP contribution in [-0.4, -0.2) is 23.9 Å². The number of nitrogens with zero attached hydrogens (tertiary/aromatic N) is 1. The third-order valence-corrected chi connectivity index (χ3v) is 4.89. The maximum Gasteiger partial charge on any atom is 0.335 e. The molecule has 0 fully saturated rings. The first kappa shape index (κ1) is 20.4. The number of urea groups is 1. The number of carbonyl (C=O) groups excluding carboxylic acids is 3. The van der Waals surface area contributed by atoms with Gasteiger partial charge in [-0.2, -0.15) is 0 Å². The first-order valence-corrected chi connectivity index (χ1v) is 9.90. The van der Waals surface area contributed by atoms with Gasteiger partial charge in [-0.1, -0.05) is 48.0 Å². The quantitative estimate of drug-likeness (QED) is 0.459. The zero-order chi connectivity index (χ0) is 21.8. The molecule has 1 aliphatic heterocycles. The van der Waals surface area contributed by atoms with E-state index >= 15 is 0 Å². The van der Waals surface area contributed by atoms with E-state index in [0.29, 0.717) is 22.1 Å². The molecule has 0 unspecified atom stereocenters. The number of esters is 1. The fraction of sp³-hybridized carbons (Fsp3) is 0.0870. The van der Waals surface area contributed by atoms with Crippen molar-refractivity contribution in [3.8, 4) is 5.75 Å². The van der Waals surface area contributed by atoms with Crippen molar-refractivity contribution in [3.05, 3.63) is 83.9 Å². The standard InChI is InChI=1S/C23H18ClN3O4/c24-15-7-6-10-17(13-15)26-23(30)27-18-11-4-5-12-20(18)31-22(29)19(27)14-21(28)25-16-8-2-1-3-9-16/h1-13,19H,14H2,(H,25,28)(H,26,30)/t19-/m0/s1. The van der Waals surface area contributed by atoms with Gasteiger partial charge < -0.3 is 15.4 Å². The van der Waals surface area contributed by atoms with Crippen LogP contribution in [-0.2, 0) is 9.59 Å². The zero-order valence-electron chi connectivity index (χ0n) is 16.2. The highest BCUT2D eigenvalue weighted by Gasteiger charge is 2.40. The van der Waals surface area contributed by atoms with Gasteiger partial charge in [-0.3, -0.25) is 9.69 Å². The largest absolute Gasteiger partial charge is 0.423 e. The number of para-hydroxylation sites is 3. The van der Waals surface area contributed by atoms with Crippen LogP contribution >= 0.6 is 11.6 Å². The minimum absolute atomic E-state index is 0.244. The Kier molecular flexibility index (Phi) is 5.86. The number of halogens is 1. The van der Waals surface area contributed by atoms with Gasteiger partial charge in [0.1, 0.15) is 6.04 Å². The molecular formula is C23H18ClN3O4. The number of hydrogen-bond donors (Lipinski definition) is 2. The lowest BCUT2D eigenvalue weighted by Crippen LogP contribution is -2.53. The number of benzene rings is 3. The van der Waals surface area contributed by atoms with Crippen LogP contribution in [0.5, 0.6) is 5.75 Å². The van der Waals surface area contributed by atoms with Crippen molar-refractivity contribution in [3.63, 3.8) is 0 Å². The average Bonchev–Trinajstić information content (AvgIpc) is 2.75. The molecule has 31 heavy (non-hydrogen) atoms. The van der Waals surface area contributed by atoms with Gasteiger partial charge in [0.15, 0.2) is 5.75 Å². The summed E-state index contributed by atoms with van der Waals surface area (Å²) in [4.78, 5) is 39.7. The molecule has 1 aliphatic rings. The summed E-state index contributed by atoms with van der Waals surface area (Å²) in [5, 5.41) is 5.91. The van der Waals surface area contributed by atoms with E-state index in [2.05, 4.69) is 10.6 Å². The average molecular weight is 436 g/mol. The number of rotatable bonds is 4. The van der Waals surface area contributed by atoms with E-state index in [-0.39, 0.29) is 12.2 Å². The Labute approximate surface area is 183 Å². The molecule has 7 nitrogen and oxygen atoms in total. The predicted molar refractivity (Wildman–Crippen MR) is 119 cm³/mol. The monoisotopic (exact) mass is 435 g/mol. The van der Waals surface area contributed by atoms with Crippen molar-refractivity contribution < 1.29 is 19.1 Å². The summed E-state index contributed by atoms with van der Waals surface area (Å²) in [5.41, 5.74) is 1.44. The molecule has 3 aromatic rings. The molecule has 3 aromatic carbocycles. The Morgan fingerprint density at radius 3 is 2.39 bits per heavy atom. The van der Waals surface area contributed by atoms with Crippen LogP contribution in [0.4, 0.5) is 21.9 Å². The predicted octanol–water partition coefficient (Wildman–Crippen LogP) is 4.69. The van der Waals surface area contributed by atoms with Crippen molar-refractivity contribution in [1.82, 2.24) is 0 Å². The van der Waals surface area contributed by atoms with Gasteiger partial charge in [0.2, 0.25) is 5.91 Å². The maximum absolute atomic E-state index is 13.2. The molecule has 0 saturated heterocycles. The van der Waals surface area contributed by atoms with Crippen LogP contribution in [0, 0.1) is 0 Å². The topological polar surface area (TPSA) is 87.7 Å². The van der Waals surface area contributed by atoms with Gasteiger partial charge in [-0.25, -0.2) is 9.59 Å². The van der Waals surface area contributed by atoms with Gasteiger partial charge >= 0.3 is 12.0 Å². The molecule has 2 N–H and O–H groups in total. The summed E-state index contributed by atoms with van der Waals surface area (Å²) < 4.78 is 5.38. The summed E-state index contributed by atoms with van der Waals surface area (Å²) >= 11 is 6.00. The number of anilines is 3. The van der Waals surface area contributed by atoms with Crippen molar-refractivity contribution in [2.24, 2.45) is 0 Å². The second-order valence-electron chi connectivity index (χ2n) is 6.83. The second kappa shape index (κ2) is 8.89. The molecule has 1 atom stereocenters. The fourth-order valence-corrected chi connectivity index (χ4v) is 3.47. The Morgan fingerprint density at radius 2 is 1.61 bits per heavy atom. The minimum Gasteiger partial charge on any atom is -0.423 e. The first-order valence-electron chi connectivity index (χ1n) is 9.52. The first-order chi connectivity index (χ1) is 15.0. The van der Waals surface area contributed by atoms with Gasteiger partial charge in [-0.15, -0.1) is 0 Å². The normalized spacial score (nSPS) is 14.9. The third-order valence-electron chi connectivity index (χ3n) is 4.65. The Hall–Kier alpha value is -3.84. The summed E-state index contributed by atoms with van der Waals surface area (Å²) in [6.45, 7) is 0. The molecule has 0 aliphatic carbocycles. The van der Waals surface area contributed by atoms with Crippen molar-refractivity contribution in [2.45, 2.75) is 12.5 Å². The van der Waals surface area contributed by atoms with E-state index in [9.17, 15) is 14.4 Å². The Balaban J connectivity index is 1.61. The molecule has 0 bridgehead atoms. The van der Waals surface area contributed by atoms with Gasteiger partial charge in [0, 0.05) is 16.4 Å². The van der Waals surface area contributed by atoms with Crippen molar-refractivity contribution in [1.29, 1.82) is 0 Å². The molecule has 0 aromatic heterocycles. The molecule has 8 heteroatoms. The number of carbonyl (C=O) groups is 3. The third kappa shape index (κ3) is 4.67. The van der Waals surface area contributed by atoms with Crippen LogP contribution in [0.1, 0.15) is 6.42 Å². The summed E-state index contributed by atoms with van der Waals surface area (Å²) in [6, 6.07) is 20.4. The molecule has 3 amide bonds. The smallest absolute Gasteiger partial charge is 0.335 e. The Morgan fingerprint density at radius 1 is 0.903 bits per heavy atom. The Bertz CT molecular complexity index is 1140. The van der Waals surface area contributed by atoms with Crippen molar-refractivity contribution >= 4 is 46.6 Å². The number of nitrogens with one attached hydrogen (secondary N) is 2. The summed E-state index contributed by atoms with van der Waals surface area (Å²) in [5.74, 6) is -0.871. The van der Waals surface area contributed by atoms with E-state index in [0.717, 1.165) is 0 Å². The number of hydrogen-bond acceptors (Lipinski definition) is 4. The van der Waals surface area contributed by atoms with Gasteiger partial charge in [0.05, 0.1) is 12.1 Å². The maximum atomic E-state index is 13.2. The number of amides is 3. The lowest BCUT2D eigenvalue weighted by atomic mass is 10.1. The summed E-state index contributed by atoms with van der Waals surface area (Å²) in [6.07, 6.45) is -0.273. The molecule has 0 radical (unpaired) electrons. The highest BCUT2D eigenvalue weighted by Crippen LogP contribution is 2.35. The lowest BCUT2D eigenvalue weighted by molar-refractivity contribution is -0.138. The highest BCUT2D eigenvalue weighted by atomic mass is 35.5. The van der Waals surface area contributed by atoms with Crippen LogP contribution < -0.4 is 20.3 Å². The fourth-order valence-electron chi connectivity index (χ4n) is 3.28. The molecule has 4 rings (SSSR count). The lowest BCUT2D eigenvalue weighted by Gasteiger charge is -2.34. The zero-order valence-corrected chi connectivity index (χ0v) is 17.0. The van der Waals surface area contributed by atoms with E-state index in [1.54, 1.807) is 72.8 Å². The molecule has 0 spiro atoms. The van der Waals surface area contributed by atoms with E-state index in [1.807, 2.05) is 6.07 Å². The van der Waals surface area contributed by atoms with Gasteiger partial charge in [-0.05, 0) is 42.5 Å². The molecule has 1 heterocycles. The van der Waals surface area contributed by atoms with Crippen LogP contribution in [0.25, 0.3) is 0 Å². The van der Waals surface area contributed by atoms with Crippen LogP contribution in [0.15, 0.2) is 78.9 Å². The van der Waals surface area contributed by atoms with Crippen LogP contribution in [0.2, 0.25) is 5.02 Å².